The number of fused-ring (bicyclic) bond motifs is 1. The van der Waals surface area contributed by atoms with Crippen molar-refractivity contribution in [3.63, 3.8) is 0 Å². The van der Waals surface area contributed by atoms with Crippen molar-refractivity contribution in [2.75, 3.05) is 13.1 Å². The number of rotatable bonds is 2. The third-order valence-electron chi connectivity index (χ3n) is 3.83. The third kappa shape index (κ3) is 2.05. The van der Waals surface area contributed by atoms with Crippen LogP contribution in [-0.4, -0.2) is 13.1 Å². The van der Waals surface area contributed by atoms with Crippen LogP contribution in [0.3, 0.4) is 0 Å². The van der Waals surface area contributed by atoms with Gasteiger partial charge in [0.1, 0.15) is 0 Å². The van der Waals surface area contributed by atoms with Crippen LogP contribution in [0.5, 0.6) is 0 Å². The van der Waals surface area contributed by atoms with Crippen LogP contribution in [0, 0.1) is 11.8 Å². The van der Waals surface area contributed by atoms with Crippen molar-refractivity contribution >= 4 is 0 Å². The number of hydrogen-bond acceptors (Lipinski definition) is 1. The first-order valence-corrected chi connectivity index (χ1v) is 6.40. The Morgan fingerprint density at radius 1 is 1.19 bits per heavy atom. The molecule has 84 valence electrons. The Morgan fingerprint density at radius 3 is 2.88 bits per heavy atom. The second-order valence-electron chi connectivity index (χ2n) is 5.05. The minimum absolute atomic E-state index is 0.571. The molecule has 1 saturated heterocycles. The van der Waals surface area contributed by atoms with Gasteiger partial charge in [-0.15, -0.1) is 0 Å². The van der Waals surface area contributed by atoms with E-state index in [0.717, 1.165) is 5.92 Å². The zero-order valence-corrected chi connectivity index (χ0v) is 9.65. The summed E-state index contributed by atoms with van der Waals surface area (Å²) in [6, 6.07) is 0. The number of allylic oxidation sites excluding steroid dienone is 8. The van der Waals surface area contributed by atoms with Gasteiger partial charge in [0.15, 0.2) is 0 Å². The molecule has 1 aliphatic heterocycles. The van der Waals surface area contributed by atoms with Crippen molar-refractivity contribution < 1.29 is 0 Å². The third-order valence-corrected chi connectivity index (χ3v) is 3.83. The summed E-state index contributed by atoms with van der Waals surface area (Å²) in [5.74, 6) is 1.47. The summed E-state index contributed by atoms with van der Waals surface area (Å²) in [7, 11) is 0. The molecular weight excluding hydrogens is 194 g/mol. The van der Waals surface area contributed by atoms with E-state index < -0.39 is 0 Å². The quantitative estimate of drug-likeness (QED) is 0.743. The maximum atomic E-state index is 3.43. The molecule has 0 spiro atoms. The Balaban J connectivity index is 1.66. The van der Waals surface area contributed by atoms with Gasteiger partial charge in [-0.2, -0.15) is 0 Å². The van der Waals surface area contributed by atoms with Crippen molar-refractivity contribution in [3.05, 3.63) is 47.6 Å². The molecule has 1 heterocycles. The van der Waals surface area contributed by atoms with Crippen LogP contribution in [0.1, 0.15) is 19.3 Å². The van der Waals surface area contributed by atoms with Gasteiger partial charge in [-0.1, -0.05) is 42.0 Å². The second-order valence-corrected chi connectivity index (χ2v) is 5.05. The van der Waals surface area contributed by atoms with Crippen molar-refractivity contribution in [2.24, 2.45) is 11.8 Å². The predicted molar refractivity (Wildman–Crippen MR) is 68.1 cm³/mol. The summed E-state index contributed by atoms with van der Waals surface area (Å²) in [6.45, 7) is 2.41. The molecular formula is C15H19N. The molecule has 2 aliphatic carbocycles. The molecule has 0 aromatic carbocycles. The lowest BCUT2D eigenvalue weighted by Gasteiger charge is -2.22. The van der Waals surface area contributed by atoms with Crippen molar-refractivity contribution in [2.45, 2.75) is 19.3 Å². The lowest BCUT2D eigenvalue weighted by atomic mass is 9.91. The van der Waals surface area contributed by atoms with Gasteiger partial charge in [-0.25, -0.2) is 0 Å². The molecule has 3 rings (SSSR count). The highest BCUT2D eigenvalue weighted by Crippen LogP contribution is 2.33. The zero-order valence-electron chi connectivity index (χ0n) is 9.65. The van der Waals surface area contributed by atoms with Crippen LogP contribution >= 0.6 is 0 Å². The van der Waals surface area contributed by atoms with Crippen molar-refractivity contribution in [1.29, 1.82) is 0 Å². The highest BCUT2D eigenvalue weighted by Gasteiger charge is 2.19. The van der Waals surface area contributed by atoms with Gasteiger partial charge in [0.25, 0.3) is 0 Å². The Hall–Kier alpha value is -1.08. The smallest absolute Gasteiger partial charge is 0.0207 e. The monoisotopic (exact) mass is 213 g/mol. The van der Waals surface area contributed by atoms with Gasteiger partial charge < -0.3 is 5.32 Å². The topological polar surface area (TPSA) is 12.0 Å². The molecule has 0 aromatic heterocycles. The second kappa shape index (κ2) is 4.42. The van der Waals surface area contributed by atoms with E-state index in [2.05, 4.69) is 41.8 Å². The van der Waals surface area contributed by atoms with E-state index in [0.29, 0.717) is 5.92 Å². The molecule has 0 radical (unpaired) electrons. The average molecular weight is 213 g/mol. The molecule has 0 saturated carbocycles. The fourth-order valence-corrected chi connectivity index (χ4v) is 2.91. The van der Waals surface area contributed by atoms with E-state index in [4.69, 9.17) is 0 Å². The molecule has 1 atom stereocenters. The molecule has 1 nitrogen and oxygen atoms in total. The molecule has 1 fully saturated rings. The first-order valence-electron chi connectivity index (χ1n) is 6.40. The summed E-state index contributed by atoms with van der Waals surface area (Å²) < 4.78 is 0. The van der Waals surface area contributed by atoms with Gasteiger partial charge >= 0.3 is 0 Å². The van der Waals surface area contributed by atoms with Crippen molar-refractivity contribution in [1.82, 2.24) is 5.32 Å². The fourth-order valence-electron chi connectivity index (χ4n) is 2.91. The lowest BCUT2D eigenvalue weighted by Crippen LogP contribution is -2.27. The Kier molecular flexibility index (Phi) is 2.79. The first kappa shape index (κ1) is 10.1. The number of nitrogens with one attached hydrogen (secondary N) is 1. The van der Waals surface area contributed by atoms with E-state index in [1.807, 2.05) is 0 Å². The van der Waals surface area contributed by atoms with E-state index in [1.54, 1.807) is 5.57 Å². The lowest BCUT2D eigenvalue weighted by molar-refractivity contribution is 0.374. The minimum Gasteiger partial charge on any atom is -0.317 e. The molecule has 16 heavy (non-hydrogen) atoms. The summed E-state index contributed by atoms with van der Waals surface area (Å²) in [5.41, 5.74) is 3.04. The maximum Gasteiger partial charge on any atom is 0.0207 e. The summed E-state index contributed by atoms with van der Waals surface area (Å²) >= 11 is 0. The van der Waals surface area contributed by atoms with E-state index >= 15 is 0 Å². The van der Waals surface area contributed by atoms with Gasteiger partial charge in [0.05, 0.1) is 0 Å². The van der Waals surface area contributed by atoms with E-state index in [9.17, 15) is 0 Å². The van der Waals surface area contributed by atoms with Crippen LogP contribution in [-0.2, 0) is 0 Å². The normalized spacial score (nSPS) is 28.9. The SMILES string of the molecule is C1=CC2=CC(CC3CCNCC3)=CC2C=C1. The molecule has 1 unspecified atom stereocenters. The number of hydrogen-bond donors (Lipinski definition) is 1. The van der Waals surface area contributed by atoms with E-state index in [1.165, 1.54) is 37.9 Å². The molecule has 0 aromatic rings. The molecule has 3 aliphatic rings. The van der Waals surface area contributed by atoms with Gasteiger partial charge in [0.2, 0.25) is 0 Å². The highest BCUT2D eigenvalue weighted by atomic mass is 14.9. The molecule has 1 N–H and O–H groups in total. The van der Waals surface area contributed by atoms with Crippen molar-refractivity contribution in [3.8, 4) is 0 Å². The molecule has 1 heteroatoms. The molecule has 0 amide bonds. The number of piperidine rings is 1. The Labute approximate surface area is 97.6 Å². The standard InChI is InChI=1S/C15H19N/c1-2-4-15-11-13(10-14(15)3-1)9-12-5-7-16-8-6-12/h1-4,10-12,14,16H,5-9H2. The van der Waals surface area contributed by atoms with Crippen LogP contribution in [0.2, 0.25) is 0 Å². The van der Waals surface area contributed by atoms with Crippen LogP contribution in [0.15, 0.2) is 47.6 Å². The van der Waals surface area contributed by atoms with Gasteiger partial charge in [-0.3, -0.25) is 0 Å². The van der Waals surface area contributed by atoms with Crippen LogP contribution < -0.4 is 5.32 Å². The summed E-state index contributed by atoms with van der Waals surface area (Å²) in [6.07, 6.45) is 17.6. The predicted octanol–water partition coefficient (Wildman–Crippen LogP) is 2.98. The molecule has 0 bridgehead atoms. The van der Waals surface area contributed by atoms with Gasteiger partial charge in [-0.05, 0) is 43.8 Å². The maximum absolute atomic E-state index is 3.43. The van der Waals surface area contributed by atoms with Gasteiger partial charge in [0, 0.05) is 5.92 Å². The summed E-state index contributed by atoms with van der Waals surface area (Å²) in [4.78, 5) is 0. The van der Waals surface area contributed by atoms with E-state index in [-0.39, 0.29) is 0 Å². The van der Waals surface area contributed by atoms with Crippen LogP contribution in [0.25, 0.3) is 0 Å². The average Bonchev–Trinajstić information content (AvgIpc) is 2.72. The Morgan fingerprint density at radius 2 is 2.06 bits per heavy atom. The fraction of sp³-hybridized carbons (Fsp3) is 0.467. The highest BCUT2D eigenvalue weighted by molar-refractivity contribution is 5.47. The van der Waals surface area contributed by atoms with Crippen LogP contribution in [0.4, 0.5) is 0 Å². The zero-order chi connectivity index (χ0) is 10.8. The minimum atomic E-state index is 0.571. The largest absolute Gasteiger partial charge is 0.317 e. The summed E-state index contributed by atoms with van der Waals surface area (Å²) in [5, 5.41) is 3.43. The first-order chi connectivity index (χ1) is 7.92. The Bertz CT molecular complexity index is 378.